The van der Waals surface area contributed by atoms with Gasteiger partial charge in [0.25, 0.3) is 0 Å². The highest BCUT2D eigenvalue weighted by atomic mass is 16.6. The zero-order chi connectivity index (χ0) is 30.5. The first kappa shape index (κ1) is 32.3. The molecule has 8 nitrogen and oxygen atoms in total. The summed E-state index contributed by atoms with van der Waals surface area (Å²) in [5, 5.41) is 20.8. The maximum absolute atomic E-state index is 12.6. The Morgan fingerprint density at radius 3 is 1.33 bits per heavy atom. The minimum atomic E-state index is -0.736. The van der Waals surface area contributed by atoms with Crippen molar-refractivity contribution < 1.29 is 38.7 Å². The van der Waals surface area contributed by atoms with Gasteiger partial charge in [-0.3, -0.25) is 0 Å². The second-order valence-corrected chi connectivity index (χ2v) is 10.6. The van der Waals surface area contributed by atoms with E-state index < -0.39 is 23.4 Å². The first-order valence-electron chi connectivity index (χ1n) is 14.7. The Hall–Kier alpha value is -4.20. The van der Waals surface area contributed by atoms with E-state index in [1.165, 1.54) is 0 Å². The van der Waals surface area contributed by atoms with Gasteiger partial charge in [0, 0.05) is 12.1 Å². The highest BCUT2D eigenvalue weighted by molar-refractivity contribution is 5.92. The van der Waals surface area contributed by atoms with Gasteiger partial charge >= 0.3 is 11.9 Å². The van der Waals surface area contributed by atoms with E-state index in [9.17, 15) is 19.8 Å². The molecular formula is C34H42O8. The molecule has 0 heterocycles. The predicted octanol–water partition coefficient (Wildman–Crippen LogP) is 7.95. The molecule has 2 N–H and O–H groups in total. The Labute approximate surface area is 248 Å². The average Bonchev–Trinajstić information content (AvgIpc) is 3.00. The molecule has 0 bridgehead atoms. The summed E-state index contributed by atoms with van der Waals surface area (Å²) in [4.78, 5) is 25.2. The van der Waals surface area contributed by atoms with E-state index >= 15 is 0 Å². The lowest BCUT2D eigenvalue weighted by molar-refractivity contribution is 0.0711. The molecule has 226 valence electrons. The number of rotatable bonds is 16. The fourth-order valence-corrected chi connectivity index (χ4v) is 4.05. The lowest BCUT2D eigenvalue weighted by atomic mass is 10.0. The molecule has 0 spiro atoms. The first-order chi connectivity index (χ1) is 20.2. The number of aromatic hydroxyl groups is 2. The van der Waals surface area contributed by atoms with Crippen molar-refractivity contribution in [1.82, 2.24) is 0 Å². The molecule has 3 rings (SSSR count). The molecule has 42 heavy (non-hydrogen) atoms. The highest BCUT2D eigenvalue weighted by Crippen LogP contribution is 2.39. The molecule has 2 unspecified atom stereocenters. The van der Waals surface area contributed by atoms with Crippen molar-refractivity contribution in [2.24, 2.45) is 11.8 Å². The molecule has 0 saturated heterocycles. The number of phenolic OH excluding ortho intramolecular Hbond substituents is 2. The molecule has 0 aliphatic rings. The van der Waals surface area contributed by atoms with Gasteiger partial charge in [0.1, 0.15) is 11.5 Å². The zero-order valence-electron chi connectivity index (χ0n) is 24.9. The molecule has 0 radical (unpaired) electrons. The van der Waals surface area contributed by atoms with Crippen LogP contribution in [0.15, 0.2) is 60.7 Å². The number of esters is 2. The van der Waals surface area contributed by atoms with E-state index in [1.807, 2.05) is 0 Å². The number of phenols is 2. The number of benzene rings is 3. The summed E-state index contributed by atoms with van der Waals surface area (Å²) in [6.07, 6.45) is 6.37. The monoisotopic (exact) mass is 578 g/mol. The molecule has 0 aliphatic carbocycles. The zero-order valence-corrected chi connectivity index (χ0v) is 24.9. The number of carbonyl (C=O) groups is 2. The Bertz CT molecular complexity index is 1180. The fraction of sp³-hybridized carbons (Fsp3) is 0.412. The van der Waals surface area contributed by atoms with Crippen molar-refractivity contribution in [3.8, 4) is 34.5 Å². The summed E-state index contributed by atoms with van der Waals surface area (Å²) in [6.45, 7) is 9.95. The van der Waals surface area contributed by atoms with E-state index in [2.05, 4.69) is 27.7 Å². The molecule has 3 aromatic rings. The molecule has 0 aromatic heterocycles. The maximum Gasteiger partial charge on any atom is 0.343 e. The van der Waals surface area contributed by atoms with Gasteiger partial charge in [-0.1, -0.05) is 40.5 Å². The van der Waals surface area contributed by atoms with Crippen LogP contribution in [0.3, 0.4) is 0 Å². The summed E-state index contributed by atoms with van der Waals surface area (Å²) >= 11 is 0. The van der Waals surface area contributed by atoms with Gasteiger partial charge < -0.3 is 29.2 Å². The fourth-order valence-electron chi connectivity index (χ4n) is 4.05. The predicted molar refractivity (Wildman–Crippen MR) is 161 cm³/mol. The Balaban J connectivity index is 1.52. The van der Waals surface area contributed by atoms with E-state index in [0.29, 0.717) is 36.5 Å². The molecule has 3 aromatic carbocycles. The summed E-state index contributed by atoms with van der Waals surface area (Å²) in [6, 6.07) is 15.0. The van der Waals surface area contributed by atoms with Gasteiger partial charge in [0.05, 0.1) is 24.3 Å². The minimum absolute atomic E-state index is 0.235. The van der Waals surface area contributed by atoms with Crippen LogP contribution in [-0.2, 0) is 0 Å². The SMILES string of the molecule is CCC(C)CCCOc1ccc(C(=O)Oc2cc(O)c(OC(=O)c3ccc(OCCCC(C)CC)cc3)cc2O)cc1. The van der Waals surface area contributed by atoms with Crippen molar-refractivity contribution in [1.29, 1.82) is 0 Å². The van der Waals surface area contributed by atoms with Gasteiger partial charge in [-0.2, -0.15) is 0 Å². The standard InChI is InChI=1S/C34H42O8/c1-5-23(3)9-7-19-39-27-15-11-25(12-16-27)33(37)41-31-21-30(36)32(22-29(31)35)42-34(38)26-13-17-28(18-14-26)40-20-8-10-24(4)6-2/h11-18,21-24,35-36H,5-10,19-20H2,1-4H3. The topological polar surface area (TPSA) is 112 Å². The van der Waals surface area contributed by atoms with E-state index in [4.69, 9.17) is 18.9 Å². The van der Waals surface area contributed by atoms with Crippen LogP contribution in [0.4, 0.5) is 0 Å². The number of hydrogen-bond donors (Lipinski definition) is 2. The van der Waals surface area contributed by atoms with Crippen LogP contribution >= 0.6 is 0 Å². The second-order valence-electron chi connectivity index (χ2n) is 10.6. The van der Waals surface area contributed by atoms with Gasteiger partial charge in [0.15, 0.2) is 23.0 Å². The van der Waals surface area contributed by atoms with Crippen molar-refractivity contribution in [3.63, 3.8) is 0 Å². The molecule has 2 atom stereocenters. The molecular weight excluding hydrogens is 536 g/mol. The van der Waals surface area contributed by atoms with Crippen LogP contribution in [0, 0.1) is 11.8 Å². The van der Waals surface area contributed by atoms with Crippen molar-refractivity contribution >= 4 is 11.9 Å². The Morgan fingerprint density at radius 1 is 0.643 bits per heavy atom. The van der Waals surface area contributed by atoms with E-state index in [0.717, 1.165) is 50.7 Å². The third-order valence-corrected chi connectivity index (χ3v) is 7.24. The van der Waals surface area contributed by atoms with Crippen LogP contribution in [-0.4, -0.2) is 35.4 Å². The van der Waals surface area contributed by atoms with Gasteiger partial charge in [0.2, 0.25) is 0 Å². The van der Waals surface area contributed by atoms with Gasteiger partial charge in [-0.15, -0.1) is 0 Å². The molecule has 0 amide bonds. The van der Waals surface area contributed by atoms with Crippen LogP contribution < -0.4 is 18.9 Å². The number of hydrogen-bond acceptors (Lipinski definition) is 8. The lowest BCUT2D eigenvalue weighted by Crippen LogP contribution is -2.10. The van der Waals surface area contributed by atoms with Crippen LogP contribution in [0.5, 0.6) is 34.5 Å². The highest BCUT2D eigenvalue weighted by Gasteiger charge is 2.18. The van der Waals surface area contributed by atoms with Crippen molar-refractivity contribution in [3.05, 3.63) is 71.8 Å². The summed E-state index contributed by atoms with van der Waals surface area (Å²) < 4.78 is 22.0. The molecule has 0 saturated carbocycles. The molecule has 0 aliphatic heterocycles. The lowest BCUT2D eigenvalue weighted by Gasteiger charge is -2.12. The quantitative estimate of drug-likeness (QED) is 0.0762. The maximum atomic E-state index is 12.6. The summed E-state index contributed by atoms with van der Waals surface area (Å²) in [7, 11) is 0. The third kappa shape index (κ3) is 10.0. The molecule has 0 fully saturated rings. The summed E-state index contributed by atoms with van der Waals surface area (Å²) in [5.41, 5.74) is 0.471. The Kier molecular flexibility index (Phi) is 12.5. The van der Waals surface area contributed by atoms with Crippen LogP contribution in [0.25, 0.3) is 0 Å². The minimum Gasteiger partial charge on any atom is -0.504 e. The van der Waals surface area contributed by atoms with Crippen LogP contribution in [0.2, 0.25) is 0 Å². The largest absolute Gasteiger partial charge is 0.504 e. The second kappa shape index (κ2) is 16.3. The number of ether oxygens (including phenoxy) is 4. The summed E-state index contributed by atoms with van der Waals surface area (Å²) in [5.74, 6) is -0.389. The van der Waals surface area contributed by atoms with E-state index in [1.54, 1.807) is 48.5 Å². The van der Waals surface area contributed by atoms with E-state index in [-0.39, 0.29) is 22.6 Å². The van der Waals surface area contributed by atoms with Crippen LogP contribution in [0.1, 0.15) is 86.9 Å². The smallest absolute Gasteiger partial charge is 0.343 e. The third-order valence-electron chi connectivity index (χ3n) is 7.24. The van der Waals surface area contributed by atoms with Crippen molar-refractivity contribution in [2.45, 2.75) is 66.2 Å². The molecule has 8 heteroatoms. The van der Waals surface area contributed by atoms with Crippen molar-refractivity contribution in [2.75, 3.05) is 13.2 Å². The van der Waals surface area contributed by atoms with Gasteiger partial charge in [-0.25, -0.2) is 9.59 Å². The first-order valence-corrected chi connectivity index (χ1v) is 14.7. The van der Waals surface area contributed by atoms with Gasteiger partial charge in [-0.05, 0) is 86.1 Å². The average molecular weight is 579 g/mol. The Morgan fingerprint density at radius 2 is 1.00 bits per heavy atom. The normalized spacial score (nSPS) is 12.3. The number of carbonyl (C=O) groups excluding carboxylic acids is 2.